The summed E-state index contributed by atoms with van der Waals surface area (Å²) in [5, 5.41) is 3.79. The van der Waals surface area contributed by atoms with E-state index in [1.54, 1.807) is 29.9 Å². The number of carbonyl (C=O) groups excluding carboxylic acids is 1. The minimum atomic E-state index is -4.66. The highest BCUT2D eigenvalue weighted by atomic mass is 35.5. The van der Waals surface area contributed by atoms with Crippen molar-refractivity contribution in [3.63, 3.8) is 0 Å². The van der Waals surface area contributed by atoms with Crippen LogP contribution in [0.2, 0.25) is 5.02 Å². The van der Waals surface area contributed by atoms with Crippen LogP contribution in [0.4, 0.5) is 17.6 Å². The Kier molecular flexibility index (Phi) is 5.29. The Balaban J connectivity index is 1.71. The van der Waals surface area contributed by atoms with E-state index in [4.69, 9.17) is 11.6 Å². The molecule has 0 spiro atoms. The Morgan fingerprint density at radius 1 is 1.13 bits per heavy atom. The average Bonchev–Trinajstić information content (AvgIpc) is 3.11. The highest BCUT2D eigenvalue weighted by molar-refractivity contribution is 6.34. The summed E-state index contributed by atoms with van der Waals surface area (Å²) >= 11 is 5.99. The van der Waals surface area contributed by atoms with E-state index >= 15 is 0 Å². The second-order valence-electron chi connectivity index (χ2n) is 7.54. The molecule has 9 heteroatoms. The Labute approximate surface area is 181 Å². The largest absolute Gasteiger partial charge is 0.417 e. The normalized spacial score (nSPS) is 18.7. The summed E-state index contributed by atoms with van der Waals surface area (Å²) in [4.78, 5) is 14.8. The Morgan fingerprint density at radius 3 is 2.45 bits per heavy atom. The van der Waals surface area contributed by atoms with E-state index in [0.717, 1.165) is 17.3 Å². The van der Waals surface area contributed by atoms with Gasteiger partial charge in [0.25, 0.3) is 5.91 Å². The summed E-state index contributed by atoms with van der Waals surface area (Å²) in [6.07, 6.45) is -2.60. The van der Waals surface area contributed by atoms with Crippen molar-refractivity contribution in [3.05, 3.63) is 81.9 Å². The number of aromatic nitrogens is 2. The van der Waals surface area contributed by atoms with Crippen molar-refractivity contribution >= 4 is 17.5 Å². The van der Waals surface area contributed by atoms with Crippen molar-refractivity contribution in [2.24, 2.45) is 0 Å². The number of rotatable bonds is 2. The van der Waals surface area contributed by atoms with Crippen LogP contribution in [-0.4, -0.2) is 26.6 Å². The SMILES string of the molecule is C[C@@H]1Cc2c(cnn2-c2ccc(F)cc2)[C@H](C)N1C(=O)c1cccc(C(F)(F)F)c1Cl. The second-order valence-corrected chi connectivity index (χ2v) is 7.92. The molecule has 2 heterocycles. The summed E-state index contributed by atoms with van der Waals surface area (Å²) in [6, 6.07) is 8.47. The maximum atomic E-state index is 13.3. The number of hydrogen-bond acceptors (Lipinski definition) is 2. The number of nitrogens with zero attached hydrogens (tertiary/aromatic N) is 3. The molecule has 0 fully saturated rings. The van der Waals surface area contributed by atoms with E-state index in [9.17, 15) is 22.4 Å². The molecule has 0 saturated heterocycles. The topological polar surface area (TPSA) is 38.1 Å². The Bertz CT molecular complexity index is 1140. The molecule has 0 unspecified atom stereocenters. The maximum absolute atomic E-state index is 13.3. The molecule has 3 aromatic rings. The summed E-state index contributed by atoms with van der Waals surface area (Å²) in [7, 11) is 0. The number of fused-ring (bicyclic) bond motifs is 1. The first-order valence-corrected chi connectivity index (χ1v) is 9.98. The first-order valence-electron chi connectivity index (χ1n) is 9.60. The summed E-state index contributed by atoms with van der Waals surface area (Å²) in [5.41, 5.74) is 1.10. The zero-order chi connectivity index (χ0) is 22.5. The molecule has 1 aliphatic rings. The van der Waals surface area contributed by atoms with Crippen LogP contribution in [0, 0.1) is 5.82 Å². The minimum Gasteiger partial charge on any atom is -0.329 e. The lowest BCUT2D eigenvalue weighted by molar-refractivity contribution is -0.137. The van der Waals surface area contributed by atoms with Gasteiger partial charge in [-0.25, -0.2) is 9.07 Å². The molecular weight excluding hydrogens is 434 g/mol. The van der Waals surface area contributed by atoms with Gasteiger partial charge in [0, 0.05) is 18.0 Å². The van der Waals surface area contributed by atoms with Gasteiger partial charge < -0.3 is 4.90 Å². The van der Waals surface area contributed by atoms with Gasteiger partial charge in [0.15, 0.2) is 0 Å². The predicted molar refractivity (Wildman–Crippen MR) is 108 cm³/mol. The average molecular weight is 452 g/mol. The number of hydrogen-bond donors (Lipinski definition) is 0. The molecule has 0 bridgehead atoms. The summed E-state index contributed by atoms with van der Waals surface area (Å²) in [5.74, 6) is -0.933. The van der Waals surface area contributed by atoms with Crippen molar-refractivity contribution in [2.75, 3.05) is 0 Å². The van der Waals surface area contributed by atoms with Gasteiger partial charge in [-0.2, -0.15) is 18.3 Å². The fourth-order valence-corrected chi connectivity index (χ4v) is 4.40. The molecule has 0 N–H and O–H groups in total. The van der Waals surface area contributed by atoms with Crippen molar-refractivity contribution < 1.29 is 22.4 Å². The molecular formula is C22H18ClF4N3O. The van der Waals surface area contributed by atoms with Gasteiger partial charge in [0.1, 0.15) is 5.82 Å². The number of alkyl halides is 3. The van der Waals surface area contributed by atoms with E-state index in [1.807, 2.05) is 6.92 Å². The van der Waals surface area contributed by atoms with Crippen molar-refractivity contribution in [2.45, 2.75) is 38.5 Å². The molecule has 4 nitrogen and oxygen atoms in total. The second kappa shape index (κ2) is 7.67. The zero-order valence-electron chi connectivity index (χ0n) is 16.6. The first-order chi connectivity index (χ1) is 14.6. The fourth-order valence-electron chi connectivity index (χ4n) is 4.09. The minimum absolute atomic E-state index is 0.190. The van der Waals surface area contributed by atoms with Crippen LogP contribution in [0.25, 0.3) is 5.69 Å². The van der Waals surface area contributed by atoms with Crippen molar-refractivity contribution in [1.82, 2.24) is 14.7 Å². The van der Waals surface area contributed by atoms with Crippen LogP contribution >= 0.6 is 11.6 Å². The Hall–Kier alpha value is -2.87. The predicted octanol–water partition coefficient (Wildman–Crippen LogP) is 5.83. The van der Waals surface area contributed by atoms with E-state index in [0.29, 0.717) is 12.1 Å². The molecule has 2 atom stereocenters. The van der Waals surface area contributed by atoms with E-state index in [1.165, 1.54) is 29.2 Å². The summed E-state index contributed by atoms with van der Waals surface area (Å²) in [6.45, 7) is 3.62. The number of carbonyl (C=O) groups is 1. The molecule has 0 aliphatic carbocycles. The molecule has 31 heavy (non-hydrogen) atoms. The molecule has 4 rings (SSSR count). The van der Waals surface area contributed by atoms with E-state index < -0.39 is 28.7 Å². The van der Waals surface area contributed by atoms with Gasteiger partial charge in [0.05, 0.1) is 39.8 Å². The van der Waals surface area contributed by atoms with Gasteiger partial charge >= 0.3 is 6.18 Å². The smallest absolute Gasteiger partial charge is 0.329 e. The third-order valence-electron chi connectivity index (χ3n) is 5.57. The lowest BCUT2D eigenvalue weighted by atomic mass is 9.93. The fraction of sp³-hybridized carbons (Fsp3) is 0.273. The number of halogens is 5. The van der Waals surface area contributed by atoms with Crippen molar-refractivity contribution in [1.29, 1.82) is 0 Å². The van der Waals surface area contributed by atoms with Gasteiger partial charge in [-0.1, -0.05) is 17.7 Å². The van der Waals surface area contributed by atoms with Gasteiger partial charge in [0.2, 0.25) is 0 Å². The lowest BCUT2D eigenvalue weighted by Crippen LogP contribution is -2.45. The molecule has 0 radical (unpaired) electrons. The van der Waals surface area contributed by atoms with Crippen LogP contribution in [0.5, 0.6) is 0 Å². The highest BCUT2D eigenvalue weighted by Gasteiger charge is 2.39. The maximum Gasteiger partial charge on any atom is 0.417 e. The van der Waals surface area contributed by atoms with Gasteiger partial charge in [-0.3, -0.25) is 4.79 Å². The van der Waals surface area contributed by atoms with E-state index in [-0.39, 0.29) is 17.4 Å². The molecule has 0 saturated carbocycles. The molecule has 1 aliphatic heterocycles. The van der Waals surface area contributed by atoms with E-state index in [2.05, 4.69) is 5.10 Å². The van der Waals surface area contributed by atoms with Crippen LogP contribution in [0.3, 0.4) is 0 Å². The molecule has 1 aromatic heterocycles. The van der Waals surface area contributed by atoms with Crippen molar-refractivity contribution in [3.8, 4) is 5.69 Å². The highest BCUT2D eigenvalue weighted by Crippen LogP contribution is 2.39. The monoisotopic (exact) mass is 451 g/mol. The van der Waals surface area contributed by atoms with Gasteiger partial charge in [-0.05, 0) is 50.2 Å². The zero-order valence-corrected chi connectivity index (χ0v) is 17.4. The third kappa shape index (κ3) is 3.69. The number of amides is 1. The molecule has 1 amide bonds. The van der Waals surface area contributed by atoms with Crippen LogP contribution in [0.1, 0.15) is 47.1 Å². The summed E-state index contributed by atoms with van der Waals surface area (Å²) < 4.78 is 54.7. The van der Waals surface area contributed by atoms with Crippen LogP contribution < -0.4 is 0 Å². The lowest BCUT2D eigenvalue weighted by Gasteiger charge is -2.39. The van der Waals surface area contributed by atoms with Crippen LogP contribution in [-0.2, 0) is 12.6 Å². The quantitative estimate of drug-likeness (QED) is 0.460. The molecule has 2 aromatic carbocycles. The van der Waals surface area contributed by atoms with Gasteiger partial charge in [-0.15, -0.1) is 0 Å². The standard InChI is InChI=1S/C22H18ClF4N3O/c1-12-10-19-17(11-28-30(19)15-8-6-14(24)7-9-15)13(2)29(12)21(31)16-4-3-5-18(20(16)23)22(25,26)27/h3-9,11-13H,10H2,1-2H3/t12-,13+/m1/s1. The first kappa shape index (κ1) is 21.4. The van der Waals surface area contributed by atoms with Crippen LogP contribution in [0.15, 0.2) is 48.7 Å². The Morgan fingerprint density at radius 2 is 1.81 bits per heavy atom. The molecule has 162 valence electrons. The number of benzene rings is 2. The third-order valence-corrected chi connectivity index (χ3v) is 5.98.